The molecule has 3 N–H and O–H groups in total. The number of methoxy groups -OCH3 is 1. The molecule has 1 aromatic heterocycles. The molecule has 2 aromatic carbocycles. The van der Waals surface area contributed by atoms with Gasteiger partial charge in [0, 0.05) is 0 Å². The van der Waals surface area contributed by atoms with Crippen molar-refractivity contribution in [1.82, 2.24) is 15.5 Å². The molecule has 29 heavy (non-hydrogen) atoms. The first-order chi connectivity index (χ1) is 14.1. The molecule has 3 aromatic rings. The van der Waals surface area contributed by atoms with Crippen LogP contribution in [0.4, 0.5) is 4.39 Å². The molecule has 1 amide bonds. The van der Waals surface area contributed by atoms with Gasteiger partial charge < -0.3 is 15.2 Å². The molecule has 0 aliphatic heterocycles. The number of aromatic amines is 1. The Morgan fingerprint density at radius 2 is 2.03 bits per heavy atom. The lowest BCUT2D eigenvalue weighted by molar-refractivity contribution is 0.0870. The van der Waals surface area contributed by atoms with Crippen LogP contribution in [0.3, 0.4) is 0 Å². The minimum atomic E-state index is -0.517. The minimum Gasteiger partial charge on any atom is -0.495 e. The molecular formula is C22H22FN3O3. The number of fused-ring (bicyclic) bond motifs is 1. The van der Waals surface area contributed by atoms with Gasteiger partial charge in [-0.1, -0.05) is 18.2 Å². The molecule has 1 aliphatic carbocycles. The Morgan fingerprint density at radius 1 is 1.24 bits per heavy atom. The van der Waals surface area contributed by atoms with Crippen LogP contribution in [0, 0.1) is 5.82 Å². The van der Waals surface area contributed by atoms with E-state index < -0.39 is 6.10 Å². The number of carbonyl (C=O) groups excluding carboxylic acids is 1. The van der Waals surface area contributed by atoms with E-state index >= 15 is 0 Å². The number of hydrogen-bond acceptors (Lipinski definition) is 4. The fourth-order valence-electron chi connectivity index (χ4n) is 3.72. The lowest BCUT2D eigenvalue weighted by atomic mass is 10.1. The van der Waals surface area contributed by atoms with Crippen LogP contribution < -0.4 is 10.1 Å². The summed E-state index contributed by atoms with van der Waals surface area (Å²) in [5.41, 5.74) is 2.55. The van der Waals surface area contributed by atoms with Crippen LogP contribution >= 0.6 is 0 Å². The first-order valence-corrected chi connectivity index (χ1v) is 9.54. The summed E-state index contributed by atoms with van der Waals surface area (Å²) in [6.45, 7) is 0. The molecule has 1 aliphatic rings. The predicted molar refractivity (Wildman–Crippen MR) is 109 cm³/mol. The van der Waals surface area contributed by atoms with Gasteiger partial charge in [0.05, 0.1) is 41.4 Å². The normalized spacial score (nSPS) is 19.1. The number of aliphatic hydroxyl groups is 1. The average Bonchev–Trinajstić information content (AvgIpc) is 3.33. The Kier molecular flexibility index (Phi) is 5.31. The van der Waals surface area contributed by atoms with Gasteiger partial charge in [0.25, 0.3) is 5.91 Å². The molecule has 1 saturated carbocycles. The number of halogens is 1. The molecule has 4 rings (SSSR count). The van der Waals surface area contributed by atoms with Gasteiger partial charge >= 0.3 is 0 Å². The van der Waals surface area contributed by atoms with Crippen molar-refractivity contribution in [2.24, 2.45) is 0 Å². The second kappa shape index (κ2) is 8.05. The first-order valence-electron chi connectivity index (χ1n) is 9.54. The van der Waals surface area contributed by atoms with Gasteiger partial charge in [-0.25, -0.2) is 4.39 Å². The topological polar surface area (TPSA) is 87.2 Å². The van der Waals surface area contributed by atoms with Crippen LogP contribution in [0.25, 0.3) is 23.1 Å². The fraction of sp³-hybridized carbons (Fsp3) is 0.273. The van der Waals surface area contributed by atoms with E-state index in [-0.39, 0.29) is 17.8 Å². The van der Waals surface area contributed by atoms with Crippen molar-refractivity contribution in [3.05, 3.63) is 59.0 Å². The molecule has 150 valence electrons. The zero-order chi connectivity index (χ0) is 20.4. The van der Waals surface area contributed by atoms with Gasteiger partial charge in [0.15, 0.2) is 0 Å². The van der Waals surface area contributed by atoms with Crippen molar-refractivity contribution < 1.29 is 19.0 Å². The molecule has 0 unspecified atom stereocenters. The van der Waals surface area contributed by atoms with E-state index in [2.05, 4.69) is 15.5 Å². The monoisotopic (exact) mass is 395 g/mol. The summed E-state index contributed by atoms with van der Waals surface area (Å²) in [7, 11) is 1.51. The third-order valence-corrected chi connectivity index (χ3v) is 5.26. The third-order valence-electron chi connectivity index (χ3n) is 5.26. The van der Waals surface area contributed by atoms with Gasteiger partial charge in [0.2, 0.25) is 0 Å². The second-order valence-electron chi connectivity index (χ2n) is 7.14. The summed E-state index contributed by atoms with van der Waals surface area (Å²) in [6, 6.07) is 9.34. The van der Waals surface area contributed by atoms with Crippen LogP contribution in [-0.4, -0.2) is 40.5 Å². The molecular weight excluding hydrogens is 373 g/mol. The predicted octanol–water partition coefficient (Wildman–Crippen LogP) is 3.52. The van der Waals surface area contributed by atoms with E-state index in [1.165, 1.54) is 19.2 Å². The molecule has 2 atom stereocenters. The quantitative estimate of drug-likeness (QED) is 0.617. The van der Waals surface area contributed by atoms with E-state index in [4.69, 9.17) is 4.74 Å². The van der Waals surface area contributed by atoms with E-state index in [0.717, 1.165) is 23.9 Å². The van der Waals surface area contributed by atoms with Crippen molar-refractivity contribution in [3.8, 4) is 5.75 Å². The molecule has 7 heteroatoms. The van der Waals surface area contributed by atoms with E-state index in [0.29, 0.717) is 28.8 Å². The number of amides is 1. The van der Waals surface area contributed by atoms with Gasteiger partial charge in [-0.2, -0.15) is 5.10 Å². The average molecular weight is 395 g/mol. The number of aromatic nitrogens is 2. The Bertz CT molecular complexity index is 1060. The van der Waals surface area contributed by atoms with Gasteiger partial charge in [-0.15, -0.1) is 0 Å². The summed E-state index contributed by atoms with van der Waals surface area (Å²) in [5, 5.41) is 20.8. The summed E-state index contributed by atoms with van der Waals surface area (Å²) in [4.78, 5) is 12.8. The van der Waals surface area contributed by atoms with Crippen molar-refractivity contribution in [3.63, 3.8) is 0 Å². The standard InChI is InChI=1S/C22H22FN3O3/c1-29-21-15(22(28)24-16-3-2-4-19(16)27)10-12-18-20(21)17(25-26-18)11-7-13-5-8-14(23)9-6-13/h5-12,16,19,27H,2-4H2,1H3,(H,24,28)(H,25,26)/b11-7+/t16-,19-/m1/s1. The number of nitrogens with zero attached hydrogens (tertiary/aromatic N) is 1. The van der Waals surface area contributed by atoms with Crippen molar-refractivity contribution >= 4 is 29.0 Å². The number of rotatable bonds is 5. The van der Waals surface area contributed by atoms with Crippen LogP contribution in [0.5, 0.6) is 5.75 Å². The van der Waals surface area contributed by atoms with Crippen LogP contribution in [0.2, 0.25) is 0 Å². The zero-order valence-electron chi connectivity index (χ0n) is 16.0. The molecule has 6 nitrogen and oxygen atoms in total. The van der Waals surface area contributed by atoms with E-state index in [1.807, 2.05) is 6.08 Å². The SMILES string of the molecule is COc1c(C(=O)N[C@@H]2CCC[C@H]2O)ccc2[nH]nc(/C=C/c3ccc(F)cc3)c12. The first kappa shape index (κ1) is 19.1. The highest BCUT2D eigenvalue weighted by molar-refractivity contribution is 6.05. The number of carbonyl (C=O) groups is 1. The molecule has 0 spiro atoms. The Morgan fingerprint density at radius 3 is 2.72 bits per heavy atom. The largest absolute Gasteiger partial charge is 0.495 e. The van der Waals surface area contributed by atoms with Crippen LogP contribution in [0.15, 0.2) is 36.4 Å². The van der Waals surface area contributed by atoms with Crippen molar-refractivity contribution in [2.45, 2.75) is 31.4 Å². The van der Waals surface area contributed by atoms with Gasteiger partial charge in [-0.3, -0.25) is 9.89 Å². The molecule has 1 fully saturated rings. The minimum absolute atomic E-state index is 0.245. The summed E-state index contributed by atoms with van der Waals surface area (Å²) < 4.78 is 18.7. The molecule has 0 bridgehead atoms. The summed E-state index contributed by atoms with van der Waals surface area (Å²) >= 11 is 0. The van der Waals surface area contributed by atoms with Gasteiger partial charge in [-0.05, 0) is 55.2 Å². The van der Waals surface area contributed by atoms with E-state index in [9.17, 15) is 14.3 Å². The number of benzene rings is 2. The highest BCUT2D eigenvalue weighted by Crippen LogP contribution is 2.32. The number of H-pyrrole nitrogens is 1. The number of ether oxygens (including phenoxy) is 1. The lowest BCUT2D eigenvalue weighted by Crippen LogP contribution is -2.39. The Hall–Kier alpha value is -3.19. The second-order valence-corrected chi connectivity index (χ2v) is 7.14. The fourth-order valence-corrected chi connectivity index (χ4v) is 3.72. The summed E-state index contributed by atoms with van der Waals surface area (Å²) in [5.74, 6) is -0.165. The van der Waals surface area contributed by atoms with Crippen molar-refractivity contribution in [1.29, 1.82) is 0 Å². The molecule has 1 heterocycles. The third kappa shape index (κ3) is 3.86. The van der Waals surface area contributed by atoms with Gasteiger partial charge in [0.1, 0.15) is 11.6 Å². The van der Waals surface area contributed by atoms with Crippen LogP contribution in [0.1, 0.15) is 40.9 Å². The maximum absolute atomic E-state index is 13.1. The smallest absolute Gasteiger partial charge is 0.255 e. The van der Waals surface area contributed by atoms with Crippen molar-refractivity contribution in [2.75, 3.05) is 7.11 Å². The number of nitrogens with one attached hydrogen (secondary N) is 2. The molecule has 0 saturated heterocycles. The Balaban J connectivity index is 1.67. The number of aliphatic hydroxyl groups excluding tert-OH is 1. The zero-order valence-corrected chi connectivity index (χ0v) is 16.0. The summed E-state index contributed by atoms with van der Waals surface area (Å²) in [6.07, 6.45) is 5.43. The van der Waals surface area contributed by atoms with E-state index in [1.54, 1.807) is 30.3 Å². The lowest BCUT2D eigenvalue weighted by Gasteiger charge is -2.17. The Labute approximate surface area is 167 Å². The highest BCUT2D eigenvalue weighted by atomic mass is 19.1. The maximum atomic E-state index is 13.1. The maximum Gasteiger partial charge on any atom is 0.255 e. The van der Waals surface area contributed by atoms with Crippen LogP contribution in [-0.2, 0) is 0 Å². The number of hydrogen-bond donors (Lipinski definition) is 3. The molecule has 0 radical (unpaired) electrons. The highest BCUT2D eigenvalue weighted by Gasteiger charge is 2.28.